The molecule has 3 N–H and O–H groups in total. The van der Waals surface area contributed by atoms with Gasteiger partial charge in [0.05, 0.1) is 17.2 Å². The van der Waals surface area contributed by atoms with Gasteiger partial charge < -0.3 is 34.4 Å². The molecule has 2 aliphatic heterocycles. The highest BCUT2D eigenvalue weighted by atomic mass is 35.5. The second-order valence-corrected chi connectivity index (χ2v) is 12.5. The smallest absolute Gasteiger partial charge is 0.407 e. The van der Waals surface area contributed by atoms with Crippen LogP contribution in [-0.2, 0) is 0 Å². The van der Waals surface area contributed by atoms with Crippen LogP contribution in [0.4, 0.5) is 10.5 Å². The van der Waals surface area contributed by atoms with Crippen molar-refractivity contribution in [3.05, 3.63) is 57.2 Å². The van der Waals surface area contributed by atoms with E-state index < -0.39 is 17.6 Å². The highest BCUT2D eigenvalue weighted by Crippen LogP contribution is 2.44. The average Bonchev–Trinajstić information content (AvgIpc) is 3.17. The van der Waals surface area contributed by atoms with Crippen LogP contribution < -0.4 is 10.3 Å². The number of likely N-dealkylation sites (tertiary alicyclic amines) is 1. The molecule has 0 spiro atoms. The molecule has 1 saturated carbocycles. The first-order valence-electron chi connectivity index (χ1n) is 14.9. The number of aliphatic hydroxyl groups excluding tert-OH is 1. The number of hydrogen-bond acceptors (Lipinski definition) is 7. The number of aliphatic hydroxyl groups is 1. The Morgan fingerprint density at radius 3 is 2.39 bits per heavy atom. The molecule has 1 aliphatic carbocycles. The van der Waals surface area contributed by atoms with E-state index in [1.54, 1.807) is 29.2 Å². The number of fused-ring (bicyclic) bond motifs is 1. The number of amides is 1. The predicted octanol–water partition coefficient (Wildman–Crippen LogP) is 6.33. The Labute approximate surface area is 274 Å². The summed E-state index contributed by atoms with van der Waals surface area (Å²) >= 11 is 6.49. The van der Waals surface area contributed by atoms with Crippen LogP contribution in [0.1, 0.15) is 56.4 Å². The van der Waals surface area contributed by atoms with E-state index in [0.717, 1.165) is 45.1 Å². The Bertz CT molecular complexity index is 1550. The van der Waals surface area contributed by atoms with Gasteiger partial charge in [0, 0.05) is 60.5 Å². The summed E-state index contributed by atoms with van der Waals surface area (Å²) in [6.07, 6.45) is 4.30. The van der Waals surface area contributed by atoms with E-state index in [0.29, 0.717) is 47.9 Å². The average molecular weight is 669 g/mol. The summed E-state index contributed by atoms with van der Waals surface area (Å²) in [6.45, 7) is 2.31. The third kappa shape index (κ3) is 6.49. The molecule has 12 heteroatoms. The zero-order valence-electron chi connectivity index (χ0n) is 24.7. The van der Waals surface area contributed by atoms with Crippen molar-refractivity contribution in [1.82, 2.24) is 9.80 Å². The van der Waals surface area contributed by atoms with E-state index in [1.165, 1.54) is 6.07 Å². The van der Waals surface area contributed by atoms with E-state index in [4.69, 9.17) is 16.0 Å². The van der Waals surface area contributed by atoms with Crippen LogP contribution in [-0.4, -0.2) is 82.6 Å². The fourth-order valence-corrected chi connectivity index (χ4v) is 7.23. The number of phenolic OH excluding ortho intramolecular Hbond substituents is 1. The number of piperidine rings is 1. The third-order valence-corrected chi connectivity index (χ3v) is 9.69. The highest BCUT2D eigenvalue weighted by molar-refractivity contribution is 6.33. The fourth-order valence-electron chi connectivity index (χ4n) is 7.00. The maximum Gasteiger partial charge on any atom is 0.407 e. The number of phenols is 1. The Hall–Kier alpha value is -2.69. The minimum Gasteiger partial charge on any atom is -0.507 e. The molecule has 1 unspecified atom stereocenters. The largest absolute Gasteiger partial charge is 0.507 e. The number of carboxylic acid groups (broad SMARTS) is 1. The lowest BCUT2D eigenvalue weighted by molar-refractivity contribution is 0.0639. The molecule has 1 aromatic heterocycles. The SMILES string of the molecule is CN1CC[C@H](c2c(N3CCCCC(N(C(=O)O)C4CCC4)C3)cc(O)c3c(=O)cc(-c4ccccc4Cl)oc23)[C@H](O)C1.Cl.Cl. The Morgan fingerprint density at radius 1 is 1.00 bits per heavy atom. The lowest BCUT2D eigenvalue weighted by Gasteiger charge is -2.42. The third-order valence-electron chi connectivity index (χ3n) is 9.36. The Balaban J connectivity index is 0.00000221. The van der Waals surface area contributed by atoms with Crippen molar-refractivity contribution in [2.75, 3.05) is 38.1 Å². The molecule has 3 heterocycles. The lowest BCUT2D eigenvalue weighted by Crippen LogP contribution is -2.53. The molecule has 2 saturated heterocycles. The summed E-state index contributed by atoms with van der Waals surface area (Å²) in [5, 5.41) is 33.3. The molecule has 3 fully saturated rings. The standard InChI is InChI=1S/C32H38ClN3O6.2ClH/c1-34-14-12-22(27(39)18-34)29-24(35-13-5-4-7-20(17-35)36(32(40)41)19-8-6-9-19)15-25(37)30-26(38)16-28(42-31(29)30)21-10-2-3-11-23(21)33;;/h2-3,10-11,15-16,19-20,22,27,37,39H,4-9,12-14,17-18H2,1H3,(H,40,41);2*1H/t20?,22-,27+;;/m0../s1. The summed E-state index contributed by atoms with van der Waals surface area (Å²) < 4.78 is 6.49. The van der Waals surface area contributed by atoms with Crippen LogP contribution in [0.3, 0.4) is 0 Å². The first-order valence-corrected chi connectivity index (χ1v) is 15.3. The summed E-state index contributed by atoms with van der Waals surface area (Å²) in [5.74, 6) is -0.262. The van der Waals surface area contributed by atoms with Crippen molar-refractivity contribution in [2.24, 2.45) is 0 Å². The molecule has 6 rings (SSSR count). The molecule has 0 radical (unpaired) electrons. The van der Waals surface area contributed by atoms with Crippen molar-refractivity contribution >= 4 is 59.2 Å². The molecule has 2 aromatic carbocycles. The molecule has 44 heavy (non-hydrogen) atoms. The number of aromatic hydroxyl groups is 1. The Kier molecular flexibility index (Phi) is 11.0. The summed E-state index contributed by atoms with van der Waals surface area (Å²) in [6, 6.07) is 9.91. The minimum absolute atomic E-state index is 0. The molecule has 240 valence electrons. The molecular weight excluding hydrogens is 629 g/mol. The van der Waals surface area contributed by atoms with E-state index in [1.807, 2.05) is 13.1 Å². The number of anilines is 1. The van der Waals surface area contributed by atoms with Crippen LogP contribution in [0.2, 0.25) is 5.02 Å². The molecule has 9 nitrogen and oxygen atoms in total. The minimum atomic E-state index is -0.894. The Morgan fingerprint density at radius 2 is 1.73 bits per heavy atom. The summed E-state index contributed by atoms with van der Waals surface area (Å²) in [7, 11) is 1.96. The number of likely N-dealkylation sites (N-methyl/N-ethyl adjacent to an activating group) is 1. The van der Waals surface area contributed by atoms with E-state index in [9.17, 15) is 24.9 Å². The van der Waals surface area contributed by atoms with Crippen molar-refractivity contribution in [3.8, 4) is 17.1 Å². The van der Waals surface area contributed by atoms with Gasteiger partial charge in [-0.25, -0.2) is 4.79 Å². The summed E-state index contributed by atoms with van der Waals surface area (Å²) in [4.78, 5) is 31.8. The number of β-amino-alcohol motifs (C(OH)–C–C–N with tert-alkyl or cyclic N) is 1. The van der Waals surface area contributed by atoms with Gasteiger partial charge in [0.15, 0.2) is 5.43 Å². The quantitative estimate of drug-likeness (QED) is 0.289. The van der Waals surface area contributed by atoms with Crippen molar-refractivity contribution in [2.45, 2.75) is 69.1 Å². The van der Waals surface area contributed by atoms with Gasteiger partial charge in [0.25, 0.3) is 0 Å². The van der Waals surface area contributed by atoms with E-state index in [2.05, 4.69) is 9.80 Å². The fraction of sp³-hybridized carbons (Fsp3) is 0.500. The van der Waals surface area contributed by atoms with Gasteiger partial charge in [-0.2, -0.15) is 0 Å². The van der Waals surface area contributed by atoms with Crippen molar-refractivity contribution in [3.63, 3.8) is 0 Å². The van der Waals surface area contributed by atoms with E-state index in [-0.39, 0.29) is 65.3 Å². The second-order valence-electron chi connectivity index (χ2n) is 12.1. The number of hydrogen-bond donors (Lipinski definition) is 3. The van der Waals surface area contributed by atoms with Gasteiger partial charge in [0.2, 0.25) is 0 Å². The first-order chi connectivity index (χ1) is 20.2. The van der Waals surface area contributed by atoms with Crippen LogP contribution in [0.15, 0.2) is 45.6 Å². The van der Waals surface area contributed by atoms with Gasteiger partial charge in [-0.05, 0) is 70.7 Å². The van der Waals surface area contributed by atoms with Crippen LogP contribution in [0, 0.1) is 0 Å². The zero-order valence-corrected chi connectivity index (χ0v) is 27.0. The number of nitrogens with zero attached hydrogens (tertiary/aromatic N) is 3. The number of halogens is 3. The maximum absolute atomic E-state index is 13.5. The van der Waals surface area contributed by atoms with Gasteiger partial charge in [0.1, 0.15) is 22.5 Å². The molecule has 1 amide bonds. The monoisotopic (exact) mass is 667 g/mol. The molecule has 3 aliphatic rings. The van der Waals surface area contributed by atoms with E-state index >= 15 is 0 Å². The van der Waals surface area contributed by atoms with Gasteiger partial charge in [-0.15, -0.1) is 24.8 Å². The van der Waals surface area contributed by atoms with Crippen LogP contribution >= 0.6 is 36.4 Å². The topological polar surface area (TPSA) is 118 Å². The first kappa shape index (κ1) is 34.2. The van der Waals surface area contributed by atoms with Crippen molar-refractivity contribution < 1.29 is 24.5 Å². The lowest BCUT2D eigenvalue weighted by atomic mass is 9.84. The zero-order chi connectivity index (χ0) is 29.5. The molecular formula is C32H40Cl3N3O6. The maximum atomic E-state index is 13.5. The molecule has 3 aromatic rings. The van der Waals surface area contributed by atoms with Gasteiger partial charge >= 0.3 is 6.09 Å². The normalized spacial score (nSPS) is 22.8. The second kappa shape index (κ2) is 14.2. The molecule has 0 bridgehead atoms. The highest BCUT2D eigenvalue weighted by Gasteiger charge is 2.38. The number of rotatable bonds is 5. The predicted molar refractivity (Wildman–Crippen MR) is 177 cm³/mol. The number of benzene rings is 2. The molecule has 3 atom stereocenters. The summed E-state index contributed by atoms with van der Waals surface area (Å²) in [5.41, 5.74) is 1.77. The van der Waals surface area contributed by atoms with Crippen LogP contribution in [0.5, 0.6) is 5.75 Å². The van der Waals surface area contributed by atoms with Gasteiger partial charge in [-0.1, -0.05) is 23.7 Å². The van der Waals surface area contributed by atoms with Gasteiger partial charge in [-0.3, -0.25) is 4.79 Å². The van der Waals surface area contributed by atoms with Crippen molar-refractivity contribution in [1.29, 1.82) is 0 Å². The van der Waals surface area contributed by atoms with Crippen LogP contribution in [0.25, 0.3) is 22.3 Å². The number of carbonyl (C=O) groups is 1.